The van der Waals surface area contributed by atoms with Crippen LogP contribution in [-0.4, -0.2) is 37.1 Å². The smallest absolute Gasteiger partial charge is 0.249 e. The molecule has 0 aliphatic carbocycles. The quantitative estimate of drug-likeness (QED) is 0.602. The van der Waals surface area contributed by atoms with E-state index in [1.165, 1.54) is 0 Å². The molecule has 0 aromatic carbocycles. The lowest BCUT2D eigenvalue weighted by molar-refractivity contribution is -0.138. The molecular formula is C10H17NO2. The molecule has 0 saturated carbocycles. The maximum Gasteiger partial charge on any atom is 0.249 e. The Hall–Kier alpha value is -0.830. The third-order valence-electron chi connectivity index (χ3n) is 2.54. The van der Waals surface area contributed by atoms with Crippen molar-refractivity contribution in [2.45, 2.75) is 26.9 Å². The maximum absolute atomic E-state index is 11.6. The van der Waals surface area contributed by atoms with Gasteiger partial charge in [0.2, 0.25) is 5.91 Å². The fourth-order valence-corrected chi connectivity index (χ4v) is 1.20. The van der Waals surface area contributed by atoms with E-state index in [0.717, 1.165) is 24.2 Å². The first-order chi connectivity index (χ1) is 6.06. The molecule has 0 N–H and O–H groups in total. The van der Waals surface area contributed by atoms with E-state index in [-0.39, 0.29) is 12.0 Å². The van der Waals surface area contributed by atoms with Crippen molar-refractivity contribution in [2.75, 3.05) is 20.2 Å². The van der Waals surface area contributed by atoms with Crippen molar-refractivity contribution in [3.8, 4) is 0 Å². The van der Waals surface area contributed by atoms with Gasteiger partial charge >= 0.3 is 0 Å². The Morgan fingerprint density at radius 1 is 1.31 bits per heavy atom. The first-order valence-electron chi connectivity index (χ1n) is 4.52. The number of hydrogen-bond acceptors (Lipinski definition) is 2. The van der Waals surface area contributed by atoms with Crippen molar-refractivity contribution >= 4 is 5.91 Å². The summed E-state index contributed by atoms with van der Waals surface area (Å²) in [6.07, 6.45) is 0.244. The van der Waals surface area contributed by atoms with Crippen molar-refractivity contribution < 1.29 is 9.53 Å². The van der Waals surface area contributed by atoms with E-state index >= 15 is 0 Å². The molecule has 3 heteroatoms. The van der Waals surface area contributed by atoms with Crippen molar-refractivity contribution in [3.05, 3.63) is 11.1 Å². The molecule has 1 heterocycles. The first kappa shape index (κ1) is 10.3. The highest BCUT2D eigenvalue weighted by atomic mass is 16.5. The number of carbonyl (C=O) groups is 1. The third-order valence-corrected chi connectivity index (χ3v) is 2.54. The van der Waals surface area contributed by atoms with Crippen LogP contribution in [0.5, 0.6) is 0 Å². The third kappa shape index (κ3) is 2.10. The molecule has 1 aliphatic heterocycles. The highest BCUT2D eigenvalue weighted by Gasteiger charge is 2.30. The molecule has 1 amide bonds. The molecule has 0 spiro atoms. The number of likely N-dealkylation sites (tertiary alicyclic amines) is 1. The first-order valence-corrected chi connectivity index (χ1v) is 4.52. The number of amides is 1. The molecule has 3 nitrogen and oxygen atoms in total. The number of rotatable bonds is 2. The lowest BCUT2D eigenvalue weighted by Gasteiger charge is -2.38. The van der Waals surface area contributed by atoms with Gasteiger partial charge in [0.15, 0.2) is 0 Å². The molecule has 0 bridgehead atoms. The van der Waals surface area contributed by atoms with E-state index in [4.69, 9.17) is 4.74 Å². The highest BCUT2D eigenvalue weighted by Crippen LogP contribution is 2.15. The van der Waals surface area contributed by atoms with Crippen LogP contribution in [0.15, 0.2) is 11.1 Å². The molecule has 1 rings (SSSR count). The van der Waals surface area contributed by atoms with Crippen LogP contribution in [0.1, 0.15) is 20.8 Å². The van der Waals surface area contributed by atoms with Gasteiger partial charge in [0, 0.05) is 25.8 Å². The minimum atomic E-state index is 0.147. The van der Waals surface area contributed by atoms with Crippen LogP contribution in [0.2, 0.25) is 0 Å². The second kappa shape index (κ2) is 3.92. The summed E-state index contributed by atoms with van der Waals surface area (Å²) < 4.78 is 5.10. The largest absolute Gasteiger partial charge is 0.378 e. The van der Waals surface area contributed by atoms with Crippen LogP contribution in [0.25, 0.3) is 0 Å². The Bertz CT molecular complexity index is 235. The number of hydrogen-bond donors (Lipinski definition) is 0. The molecule has 1 aliphatic rings. The lowest BCUT2D eigenvalue weighted by atomic mass is 10.1. The predicted molar refractivity (Wildman–Crippen MR) is 51.4 cm³/mol. The van der Waals surface area contributed by atoms with Gasteiger partial charge in [-0.05, 0) is 20.8 Å². The number of ether oxygens (including phenoxy) is 1. The van der Waals surface area contributed by atoms with Gasteiger partial charge in [0.1, 0.15) is 0 Å². The van der Waals surface area contributed by atoms with Gasteiger partial charge in [-0.2, -0.15) is 0 Å². The van der Waals surface area contributed by atoms with E-state index in [1.54, 1.807) is 7.11 Å². The molecule has 0 atom stereocenters. The number of nitrogens with zero attached hydrogens (tertiary/aromatic N) is 1. The lowest BCUT2D eigenvalue weighted by Crippen LogP contribution is -2.54. The molecule has 0 unspecified atom stereocenters. The Morgan fingerprint density at radius 3 is 2.23 bits per heavy atom. The van der Waals surface area contributed by atoms with Gasteiger partial charge < -0.3 is 9.64 Å². The SMILES string of the molecule is COC1CN(C(=O)C(C)=C(C)C)C1. The van der Waals surface area contributed by atoms with Crippen molar-refractivity contribution in [3.63, 3.8) is 0 Å². The van der Waals surface area contributed by atoms with Crippen molar-refractivity contribution in [1.29, 1.82) is 0 Å². The van der Waals surface area contributed by atoms with Gasteiger partial charge in [-0.1, -0.05) is 5.57 Å². The standard InChI is InChI=1S/C10H17NO2/c1-7(2)8(3)10(12)11-5-9(6-11)13-4/h9H,5-6H2,1-4H3. The summed E-state index contributed by atoms with van der Waals surface area (Å²) >= 11 is 0. The Morgan fingerprint density at radius 2 is 1.85 bits per heavy atom. The van der Waals surface area contributed by atoms with Crippen LogP contribution >= 0.6 is 0 Å². The second-order valence-corrected chi connectivity index (χ2v) is 3.69. The van der Waals surface area contributed by atoms with Crippen LogP contribution in [0.3, 0.4) is 0 Å². The summed E-state index contributed by atoms with van der Waals surface area (Å²) in [5, 5.41) is 0. The summed E-state index contributed by atoms with van der Waals surface area (Å²) in [6, 6.07) is 0. The summed E-state index contributed by atoms with van der Waals surface area (Å²) in [6.45, 7) is 7.26. The Balaban J connectivity index is 2.48. The van der Waals surface area contributed by atoms with E-state index in [2.05, 4.69) is 0 Å². The maximum atomic E-state index is 11.6. The topological polar surface area (TPSA) is 29.5 Å². The van der Waals surface area contributed by atoms with Crippen LogP contribution in [0, 0.1) is 0 Å². The van der Waals surface area contributed by atoms with Crippen LogP contribution in [-0.2, 0) is 9.53 Å². The minimum absolute atomic E-state index is 0.147. The normalized spacial score (nSPS) is 16.8. The molecule has 1 fully saturated rings. The summed E-state index contributed by atoms with van der Waals surface area (Å²) in [4.78, 5) is 13.5. The number of carbonyl (C=O) groups excluding carboxylic acids is 1. The van der Waals surface area contributed by atoms with E-state index in [9.17, 15) is 4.79 Å². The highest BCUT2D eigenvalue weighted by molar-refractivity contribution is 5.94. The van der Waals surface area contributed by atoms with Crippen molar-refractivity contribution in [1.82, 2.24) is 4.90 Å². The fraction of sp³-hybridized carbons (Fsp3) is 0.700. The molecule has 0 aromatic heterocycles. The fourth-order valence-electron chi connectivity index (χ4n) is 1.20. The van der Waals surface area contributed by atoms with Gasteiger partial charge in [0.25, 0.3) is 0 Å². The zero-order chi connectivity index (χ0) is 10.0. The zero-order valence-corrected chi connectivity index (χ0v) is 8.76. The Labute approximate surface area is 79.4 Å². The van der Waals surface area contributed by atoms with Gasteiger partial charge in [-0.15, -0.1) is 0 Å². The zero-order valence-electron chi connectivity index (χ0n) is 8.76. The molecule has 13 heavy (non-hydrogen) atoms. The molecule has 74 valence electrons. The number of allylic oxidation sites excluding steroid dienone is 1. The second-order valence-electron chi connectivity index (χ2n) is 3.69. The van der Waals surface area contributed by atoms with Gasteiger partial charge in [-0.25, -0.2) is 0 Å². The minimum Gasteiger partial charge on any atom is -0.378 e. The monoisotopic (exact) mass is 183 g/mol. The average Bonchev–Trinajstić information content (AvgIpc) is 2.00. The average molecular weight is 183 g/mol. The van der Waals surface area contributed by atoms with E-state index < -0.39 is 0 Å². The van der Waals surface area contributed by atoms with Crippen LogP contribution < -0.4 is 0 Å². The van der Waals surface area contributed by atoms with E-state index in [1.807, 2.05) is 25.7 Å². The Kier molecular flexibility index (Phi) is 3.09. The van der Waals surface area contributed by atoms with E-state index in [0.29, 0.717) is 0 Å². The summed E-state index contributed by atoms with van der Waals surface area (Å²) in [5.74, 6) is 0.147. The van der Waals surface area contributed by atoms with Gasteiger partial charge in [-0.3, -0.25) is 4.79 Å². The summed E-state index contributed by atoms with van der Waals surface area (Å²) in [5.41, 5.74) is 1.94. The molecule has 0 aromatic rings. The molecular weight excluding hydrogens is 166 g/mol. The summed E-state index contributed by atoms with van der Waals surface area (Å²) in [7, 11) is 1.68. The number of methoxy groups -OCH3 is 1. The van der Waals surface area contributed by atoms with Crippen LogP contribution in [0.4, 0.5) is 0 Å². The predicted octanol–water partition coefficient (Wildman–Crippen LogP) is 1.20. The molecule has 0 radical (unpaired) electrons. The molecule has 1 saturated heterocycles. The van der Waals surface area contributed by atoms with Gasteiger partial charge in [0.05, 0.1) is 6.10 Å². The van der Waals surface area contributed by atoms with Crippen molar-refractivity contribution in [2.24, 2.45) is 0 Å².